The minimum absolute atomic E-state index is 0.356. The van der Waals surface area contributed by atoms with Crippen LogP contribution in [0.4, 0.5) is 13.2 Å². The topological polar surface area (TPSA) is 47.0 Å². The Balaban J connectivity index is 1.80. The van der Waals surface area contributed by atoms with Crippen LogP contribution >= 0.6 is 0 Å². The van der Waals surface area contributed by atoms with Crippen molar-refractivity contribution in [1.29, 1.82) is 0 Å². The van der Waals surface area contributed by atoms with Crippen molar-refractivity contribution >= 4 is 0 Å². The predicted octanol–water partition coefficient (Wildman–Crippen LogP) is 2.37. The number of ether oxygens (including phenoxy) is 1. The molecule has 2 aliphatic rings. The molecule has 4 nitrogen and oxygen atoms in total. The van der Waals surface area contributed by atoms with Crippen molar-refractivity contribution in [3.8, 4) is 5.88 Å². The number of aromatic nitrogens is 2. The lowest BCUT2D eigenvalue weighted by molar-refractivity contribution is -0.139. The van der Waals surface area contributed by atoms with Crippen LogP contribution in [0.15, 0.2) is 0 Å². The number of nitrogens with one attached hydrogen (secondary N) is 1. The summed E-state index contributed by atoms with van der Waals surface area (Å²) in [6.07, 6.45) is -1.58. The standard InChI is InChI=1S/C14H18F3N3O/c15-14(16,17)5-8-21-13-10-3-6-18-7-4-11(10)19-12(20-13)9-1-2-9/h9,18H,1-8H2. The molecule has 0 spiro atoms. The Morgan fingerprint density at radius 1 is 1.14 bits per heavy atom. The van der Waals surface area contributed by atoms with Crippen LogP contribution in [-0.2, 0) is 12.8 Å². The zero-order valence-corrected chi connectivity index (χ0v) is 11.7. The van der Waals surface area contributed by atoms with Gasteiger partial charge in [0.1, 0.15) is 5.82 Å². The maximum Gasteiger partial charge on any atom is 0.392 e. The van der Waals surface area contributed by atoms with Gasteiger partial charge in [0, 0.05) is 24.4 Å². The van der Waals surface area contributed by atoms with E-state index in [2.05, 4.69) is 15.3 Å². The second-order valence-corrected chi connectivity index (χ2v) is 5.55. The molecule has 1 fully saturated rings. The summed E-state index contributed by atoms with van der Waals surface area (Å²) in [4.78, 5) is 8.98. The van der Waals surface area contributed by atoms with Crippen LogP contribution in [0.3, 0.4) is 0 Å². The van der Waals surface area contributed by atoms with Crippen LogP contribution in [0.5, 0.6) is 5.88 Å². The molecule has 1 aromatic heterocycles. The van der Waals surface area contributed by atoms with Gasteiger partial charge in [-0.05, 0) is 25.8 Å². The van der Waals surface area contributed by atoms with Crippen LogP contribution in [0.25, 0.3) is 0 Å². The maximum absolute atomic E-state index is 12.3. The first-order valence-electron chi connectivity index (χ1n) is 7.33. The van der Waals surface area contributed by atoms with Crippen molar-refractivity contribution in [2.75, 3.05) is 19.7 Å². The summed E-state index contributed by atoms with van der Waals surface area (Å²) in [5.41, 5.74) is 1.80. The molecule has 0 bridgehead atoms. The van der Waals surface area contributed by atoms with Crippen molar-refractivity contribution in [3.05, 3.63) is 17.1 Å². The molecule has 0 unspecified atom stereocenters. The Morgan fingerprint density at radius 2 is 1.90 bits per heavy atom. The zero-order valence-electron chi connectivity index (χ0n) is 11.7. The van der Waals surface area contributed by atoms with Gasteiger partial charge in [0.05, 0.1) is 18.7 Å². The van der Waals surface area contributed by atoms with E-state index in [-0.39, 0.29) is 6.61 Å². The van der Waals surface area contributed by atoms with Gasteiger partial charge in [-0.1, -0.05) is 0 Å². The molecular weight excluding hydrogens is 283 g/mol. The van der Waals surface area contributed by atoms with E-state index in [1.165, 1.54) is 0 Å². The molecule has 0 radical (unpaired) electrons. The fourth-order valence-corrected chi connectivity index (χ4v) is 2.44. The lowest BCUT2D eigenvalue weighted by Gasteiger charge is -2.14. The first-order chi connectivity index (χ1) is 10.0. The van der Waals surface area contributed by atoms with Gasteiger partial charge < -0.3 is 10.1 Å². The average Bonchev–Trinajstić information content (AvgIpc) is 3.23. The third kappa shape index (κ3) is 3.84. The minimum atomic E-state index is -4.20. The molecule has 0 aromatic carbocycles. The molecule has 2 heterocycles. The molecule has 0 amide bonds. The van der Waals surface area contributed by atoms with Crippen molar-refractivity contribution < 1.29 is 17.9 Å². The Kier molecular flexibility index (Phi) is 4.01. The van der Waals surface area contributed by atoms with Crippen molar-refractivity contribution in [2.24, 2.45) is 0 Å². The Morgan fingerprint density at radius 3 is 2.62 bits per heavy atom. The summed E-state index contributed by atoms with van der Waals surface area (Å²) >= 11 is 0. The van der Waals surface area contributed by atoms with Gasteiger partial charge >= 0.3 is 6.18 Å². The fraction of sp³-hybridized carbons (Fsp3) is 0.714. The van der Waals surface area contributed by atoms with Crippen LogP contribution in [0.1, 0.15) is 42.3 Å². The molecule has 1 aliphatic heterocycles. The smallest absolute Gasteiger partial charge is 0.392 e. The molecule has 1 saturated carbocycles. The first kappa shape index (κ1) is 14.6. The molecule has 1 aromatic rings. The Labute approximate surface area is 121 Å². The lowest BCUT2D eigenvalue weighted by Crippen LogP contribution is -2.16. The fourth-order valence-electron chi connectivity index (χ4n) is 2.44. The third-order valence-corrected chi connectivity index (χ3v) is 3.73. The van der Waals surface area contributed by atoms with E-state index in [0.717, 1.165) is 49.4 Å². The predicted molar refractivity (Wildman–Crippen MR) is 70.5 cm³/mol. The van der Waals surface area contributed by atoms with Crippen LogP contribution in [0.2, 0.25) is 0 Å². The van der Waals surface area contributed by atoms with E-state index in [0.29, 0.717) is 18.2 Å². The van der Waals surface area contributed by atoms with Gasteiger partial charge in [0.15, 0.2) is 0 Å². The highest BCUT2D eigenvalue weighted by Crippen LogP contribution is 2.39. The number of alkyl halides is 3. The number of hydrogen-bond acceptors (Lipinski definition) is 4. The summed E-state index contributed by atoms with van der Waals surface area (Å²) in [5, 5.41) is 3.26. The number of hydrogen-bond donors (Lipinski definition) is 1. The van der Waals surface area contributed by atoms with Gasteiger partial charge in [-0.15, -0.1) is 0 Å². The largest absolute Gasteiger partial charge is 0.477 e. The molecule has 0 saturated heterocycles. The molecule has 7 heteroatoms. The van der Waals surface area contributed by atoms with Gasteiger partial charge in [0.2, 0.25) is 5.88 Å². The Bertz CT molecular complexity index is 515. The van der Waals surface area contributed by atoms with Gasteiger partial charge in [-0.3, -0.25) is 0 Å². The van der Waals surface area contributed by atoms with Gasteiger partial charge in [0.25, 0.3) is 0 Å². The molecule has 3 rings (SSSR count). The zero-order chi connectivity index (χ0) is 14.9. The van der Waals surface area contributed by atoms with E-state index in [1.807, 2.05) is 0 Å². The summed E-state index contributed by atoms with van der Waals surface area (Å²) < 4.78 is 42.1. The van der Waals surface area contributed by atoms with Crippen molar-refractivity contribution in [2.45, 2.75) is 44.2 Å². The monoisotopic (exact) mass is 301 g/mol. The molecule has 116 valence electrons. The van der Waals surface area contributed by atoms with E-state index < -0.39 is 12.6 Å². The number of halogens is 3. The van der Waals surface area contributed by atoms with E-state index in [4.69, 9.17) is 4.74 Å². The van der Waals surface area contributed by atoms with Crippen LogP contribution in [0, 0.1) is 0 Å². The second-order valence-electron chi connectivity index (χ2n) is 5.55. The van der Waals surface area contributed by atoms with Crippen LogP contribution in [-0.4, -0.2) is 35.8 Å². The maximum atomic E-state index is 12.3. The third-order valence-electron chi connectivity index (χ3n) is 3.73. The summed E-state index contributed by atoms with van der Waals surface area (Å²) in [6, 6.07) is 0. The molecular formula is C14H18F3N3O. The normalized spacial score (nSPS) is 19.0. The number of nitrogens with zero attached hydrogens (tertiary/aromatic N) is 2. The van der Waals surface area contributed by atoms with Crippen LogP contribution < -0.4 is 10.1 Å². The van der Waals surface area contributed by atoms with Crippen molar-refractivity contribution in [1.82, 2.24) is 15.3 Å². The molecule has 1 aliphatic carbocycles. The van der Waals surface area contributed by atoms with E-state index in [9.17, 15) is 13.2 Å². The van der Waals surface area contributed by atoms with Crippen molar-refractivity contribution in [3.63, 3.8) is 0 Å². The minimum Gasteiger partial charge on any atom is -0.477 e. The molecule has 21 heavy (non-hydrogen) atoms. The highest BCUT2D eigenvalue weighted by molar-refractivity contribution is 5.34. The lowest BCUT2D eigenvalue weighted by atomic mass is 10.1. The first-order valence-corrected chi connectivity index (χ1v) is 7.33. The quantitative estimate of drug-likeness (QED) is 0.927. The van der Waals surface area contributed by atoms with Gasteiger partial charge in [-0.25, -0.2) is 4.98 Å². The summed E-state index contributed by atoms with van der Waals surface area (Å²) in [5.74, 6) is 1.45. The number of fused-ring (bicyclic) bond motifs is 1. The van der Waals surface area contributed by atoms with E-state index >= 15 is 0 Å². The molecule has 1 N–H and O–H groups in total. The van der Waals surface area contributed by atoms with Gasteiger partial charge in [-0.2, -0.15) is 18.2 Å². The second kappa shape index (κ2) is 5.79. The SMILES string of the molecule is FC(F)(F)CCOc1nc(C2CC2)nc2c1CCNCC2. The van der Waals surface area contributed by atoms with E-state index in [1.54, 1.807) is 0 Å². The molecule has 0 atom stereocenters. The highest BCUT2D eigenvalue weighted by atomic mass is 19.4. The average molecular weight is 301 g/mol. The summed E-state index contributed by atoms with van der Waals surface area (Å²) in [7, 11) is 0. The highest BCUT2D eigenvalue weighted by Gasteiger charge is 2.30. The summed E-state index contributed by atoms with van der Waals surface area (Å²) in [6.45, 7) is 1.22. The Hall–Kier alpha value is -1.37. The number of rotatable bonds is 4.